The Labute approximate surface area is 136 Å². The van der Waals surface area contributed by atoms with Crippen molar-refractivity contribution in [2.45, 2.75) is 19.1 Å². The van der Waals surface area contributed by atoms with E-state index in [2.05, 4.69) is 15.7 Å². The van der Waals surface area contributed by atoms with E-state index in [1.165, 1.54) is 36.3 Å². The summed E-state index contributed by atoms with van der Waals surface area (Å²) in [6.45, 7) is 2.13. The first-order chi connectivity index (χ1) is 11.3. The molecule has 1 aromatic heterocycles. The molecule has 0 spiro atoms. The van der Waals surface area contributed by atoms with Gasteiger partial charge in [-0.15, -0.1) is 0 Å². The molecule has 0 radical (unpaired) electrons. The fraction of sp³-hybridized carbons (Fsp3) is 0.333. The Balaban J connectivity index is 2.07. The van der Waals surface area contributed by atoms with Crippen molar-refractivity contribution in [2.24, 2.45) is 0 Å². The van der Waals surface area contributed by atoms with Gasteiger partial charge in [-0.25, -0.2) is 9.48 Å². The zero-order valence-electron chi connectivity index (χ0n) is 13.1. The number of anilines is 1. The molecule has 2 aromatic rings. The lowest BCUT2D eigenvalue weighted by atomic mass is 10.2. The van der Waals surface area contributed by atoms with Crippen LogP contribution < -0.4 is 10.6 Å². The van der Waals surface area contributed by atoms with Gasteiger partial charge in [0.05, 0.1) is 42.0 Å². The highest BCUT2D eigenvalue weighted by Crippen LogP contribution is 2.30. The lowest BCUT2D eigenvalue weighted by molar-refractivity contribution is -0.137. The number of halogens is 3. The molecule has 6 nitrogen and oxygen atoms in total. The zero-order chi connectivity index (χ0) is 17.7. The lowest BCUT2D eigenvalue weighted by Gasteiger charge is -2.12. The number of rotatable bonds is 5. The van der Waals surface area contributed by atoms with Gasteiger partial charge in [0.15, 0.2) is 0 Å². The van der Waals surface area contributed by atoms with Gasteiger partial charge in [0, 0.05) is 7.11 Å². The van der Waals surface area contributed by atoms with Crippen LogP contribution in [0.5, 0.6) is 0 Å². The number of methoxy groups -OCH3 is 1. The van der Waals surface area contributed by atoms with Gasteiger partial charge in [0.2, 0.25) is 0 Å². The molecule has 0 aliphatic carbocycles. The number of hydrogen-bond acceptors (Lipinski definition) is 3. The summed E-state index contributed by atoms with van der Waals surface area (Å²) in [6, 6.07) is 4.12. The number of ether oxygens (including phenoxy) is 1. The minimum absolute atomic E-state index is 0.187. The van der Waals surface area contributed by atoms with Crippen LogP contribution in [0.4, 0.5) is 23.7 Å². The number of nitrogens with one attached hydrogen (secondary N) is 2. The molecule has 24 heavy (non-hydrogen) atoms. The molecule has 130 valence electrons. The monoisotopic (exact) mass is 342 g/mol. The van der Waals surface area contributed by atoms with Crippen LogP contribution in [-0.4, -0.2) is 35.6 Å². The third-order valence-corrected chi connectivity index (χ3v) is 3.07. The van der Waals surface area contributed by atoms with Crippen LogP contribution in [0.3, 0.4) is 0 Å². The van der Waals surface area contributed by atoms with Crippen LogP contribution >= 0.6 is 0 Å². The van der Waals surface area contributed by atoms with E-state index < -0.39 is 17.8 Å². The highest BCUT2D eigenvalue weighted by molar-refractivity contribution is 5.89. The summed E-state index contributed by atoms with van der Waals surface area (Å²) in [5.41, 5.74) is -0.170. The van der Waals surface area contributed by atoms with Gasteiger partial charge in [0.25, 0.3) is 0 Å². The first-order valence-electron chi connectivity index (χ1n) is 7.08. The van der Waals surface area contributed by atoms with Crippen molar-refractivity contribution in [3.8, 4) is 5.69 Å². The first-order valence-corrected chi connectivity index (χ1v) is 7.08. The fourth-order valence-corrected chi connectivity index (χ4v) is 2.04. The number of carbonyl (C=O) groups is 1. The van der Waals surface area contributed by atoms with E-state index in [4.69, 9.17) is 4.74 Å². The molecule has 0 saturated carbocycles. The van der Waals surface area contributed by atoms with Crippen LogP contribution in [0.2, 0.25) is 0 Å². The van der Waals surface area contributed by atoms with Gasteiger partial charge < -0.3 is 15.4 Å². The number of aromatic nitrogens is 2. The lowest BCUT2D eigenvalue weighted by Crippen LogP contribution is -2.38. The van der Waals surface area contributed by atoms with Gasteiger partial charge >= 0.3 is 12.2 Å². The van der Waals surface area contributed by atoms with Crippen LogP contribution in [0, 0.1) is 0 Å². The van der Waals surface area contributed by atoms with Crippen molar-refractivity contribution in [2.75, 3.05) is 19.0 Å². The maximum Gasteiger partial charge on any atom is 0.416 e. The highest BCUT2D eigenvalue weighted by Gasteiger charge is 2.30. The van der Waals surface area contributed by atoms with Crippen molar-refractivity contribution in [1.82, 2.24) is 15.1 Å². The topological polar surface area (TPSA) is 68.2 Å². The molecule has 1 atom stereocenters. The molecule has 0 aliphatic heterocycles. The Morgan fingerprint density at radius 1 is 1.42 bits per heavy atom. The molecule has 0 fully saturated rings. The number of hydrogen-bond donors (Lipinski definition) is 2. The summed E-state index contributed by atoms with van der Waals surface area (Å²) in [6.07, 6.45) is -1.65. The molecule has 2 N–H and O–H groups in total. The second kappa shape index (κ2) is 7.35. The predicted molar refractivity (Wildman–Crippen MR) is 82.1 cm³/mol. The summed E-state index contributed by atoms with van der Waals surface area (Å²) in [4.78, 5) is 11.8. The van der Waals surface area contributed by atoms with Gasteiger partial charge in [-0.05, 0) is 25.1 Å². The zero-order valence-corrected chi connectivity index (χ0v) is 13.1. The largest absolute Gasteiger partial charge is 0.416 e. The quantitative estimate of drug-likeness (QED) is 0.878. The third-order valence-electron chi connectivity index (χ3n) is 3.07. The summed E-state index contributed by atoms with van der Waals surface area (Å²) < 4.78 is 44.4. The van der Waals surface area contributed by atoms with Crippen LogP contribution in [-0.2, 0) is 10.9 Å². The molecule has 0 saturated heterocycles. The Kier molecular flexibility index (Phi) is 5.45. The molecular weight excluding hydrogens is 325 g/mol. The number of nitrogens with zero attached hydrogens (tertiary/aromatic N) is 2. The highest BCUT2D eigenvalue weighted by atomic mass is 19.4. The summed E-state index contributed by atoms with van der Waals surface area (Å²) >= 11 is 0. The van der Waals surface area contributed by atoms with Crippen molar-refractivity contribution in [3.63, 3.8) is 0 Å². The van der Waals surface area contributed by atoms with Crippen molar-refractivity contribution < 1.29 is 22.7 Å². The minimum atomic E-state index is -4.43. The molecule has 2 rings (SSSR count). The maximum atomic E-state index is 12.7. The van der Waals surface area contributed by atoms with Gasteiger partial charge in [-0.1, -0.05) is 6.07 Å². The number of alkyl halides is 3. The van der Waals surface area contributed by atoms with Gasteiger partial charge in [0.1, 0.15) is 0 Å². The maximum absolute atomic E-state index is 12.7. The normalized spacial score (nSPS) is 12.7. The van der Waals surface area contributed by atoms with Gasteiger partial charge in [-0.3, -0.25) is 0 Å². The Hall–Kier alpha value is -2.55. The standard InChI is InChI=1S/C15H17F3N4O2/c1-10(9-24-2)20-14(23)21-12-7-19-22(8-12)13-5-3-4-11(6-13)15(16,17)18/h3-8,10H,9H2,1-2H3,(H2,20,21,23). The van der Waals surface area contributed by atoms with Gasteiger partial charge in [-0.2, -0.15) is 18.3 Å². The second-order valence-corrected chi connectivity index (χ2v) is 5.18. The number of benzene rings is 1. The van der Waals surface area contributed by atoms with Crippen LogP contribution in [0.15, 0.2) is 36.7 Å². The summed E-state index contributed by atoms with van der Waals surface area (Å²) in [5, 5.41) is 9.16. The second-order valence-electron chi connectivity index (χ2n) is 5.18. The predicted octanol–water partition coefficient (Wildman–Crippen LogP) is 3.05. The van der Waals surface area contributed by atoms with Crippen molar-refractivity contribution in [1.29, 1.82) is 0 Å². The Bertz CT molecular complexity index is 700. The number of amides is 2. The Morgan fingerprint density at radius 2 is 2.17 bits per heavy atom. The smallest absolute Gasteiger partial charge is 0.383 e. The molecule has 0 aliphatic rings. The van der Waals surface area contributed by atoms with Crippen molar-refractivity contribution in [3.05, 3.63) is 42.2 Å². The first kappa shape index (κ1) is 17.8. The average Bonchev–Trinajstić information content (AvgIpc) is 2.95. The van der Waals surface area contributed by atoms with E-state index in [0.29, 0.717) is 12.3 Å². The molecule has 1 aromatic carbocycles. The van der Waals surface area contributed by atoms with Crippen LogP contribution in [0.25, 0.3) is 5.69 Å². The molecule has 0 bridgehead atoms. The van der Waals surface area contributed by atoms with Crippen molar-refractivity contribution >= 4 is 11.7 Å². The molecular formula is C15H17F3N4O2. The number of urea groups is 1. The molecule has 1 unspecified atom stereocenters. The number of carbonyl (C=O) groups excluding carboxylic acids is 1. The molecule has 1 heterocycles. The molecule has 2 amide bonds. The third kappa shape index (κ3) is 4.72. The Morgan fingerprint density at radius 3 is 2.83 bits per heavy atom. The summed E-state index contributed by atoms with van der Waals surface area (Å²) in [5.74, 6) is 0. The van der Waals surface area contributed by atoms with E-state index in [-0.39, 0.29) is 11.7 Å². The van der Waals surface area contributed by atoms with E-state index in [1.807, 2.05) is 0 Å². The summed E-state index contributed by atoms with van der Waals surface area (Å²) in [7, 11) is 1.52. The average molecular weight is 342 g/mol. The minimum Gasteiger partial charge on any atom is -0.383 e. The van der Waals surface area contributed by atoms with E-state index in [0.717, 1.165) is 12.1 Å². The molecule has 9 heteroatoms. The fourth-order valence-electron chi connectivity index (χ4n) is 2.04. The van der Waals surface area contributed by atoms with E-state index >= 15 is 0 Å². The van der Waals surface area contributed by atoms with Crippen LogP contribution in [0.1, 0.15) is 12.5 Å². The SMILES string of the molecule is COCC(C)NC(=O)Nc1cnn(-c2cccc(C(F)(F)F)c2)c1. The van der Waals surface area contributed by atoms with E-state index in [9.17, 15) is 18.0 Å². The van der Waals surface area contributed by atoms with E-state index in [1.54, 1.807) is 6.92 Å².